The van der Waals surface area contributed by atoms with E-state index in [4.69, 9.17) is 10.5 Å². The molecule has 2 unspecified atom stereocenters. The number of methoxy groups -OCH3 is 1. The Morgan fingerprint density at radius 1 is 1.56 bits per heavy atom. The average molecular weight is 246 g/mol. The largest absolute Gasteiger partial charge is 0.383 e. The Morgan fingerprint density at radius 2 is 2.25 bits per heavy atom. The van der Waals surface area contributed by atoms with Crippen LogP contribution in [0.5, 0.6) is 0 Å². The highest BCUT2D eigenvalue weighted by molar-refractivity contribution is 7.99. The minimum Gasteiger partial charge on any atom is -0.383 e. The van der Waals surface area contributed by atoms with Gasteiger partial charge in [-0.3, -0.25) is 4.90 Å². The highest BCUT2D eigenvalue weighted by atomic mass is 32.2. The summed E-state index contributed by atoms with van der Waals surface area (Å²) in [5, 5.41) is 0. The predicted octanol–water partition coefficient (Wildman–Crippen LogP) is 1.42. The van der Waals surface area contributed by atoms with Gasteiger partial charge in [0, 0.05) is 37.7 Å². The minimum atomic E-state index is 0.00907. The maximum atomic E-state index is 6.06. The van der Waals surface area contributed by atoms with E-state index >= 15 is 0 Å². The molecule has 2 N–H and O–H groups in total. The minimum absolute atomic E-state index is 0.00907. The van der Waals surface area contributed by atoms with Gasteiger partial charge < -0.3 is 10.5 Å². The molecular weight excluding hydrogens is 220 g/mol. The fourth-order valence-electron chi connectivity index (χ4n) is 2.63. The van der Waals surface area contributed by atoms with Crippen LogP contribution in [0.4, 0.5) is 0 Å². The highest BCUT2D eigenvalue weighted by Gasteiger charge is 2.41. The zero-order valence-electron chi connectivity index (χ0n) is 11.0. The van der Waals surface area contributed by atoms with Gasteiger partial charge in [0.2, 0.25) is 0 Å². The first kappa shape index (κ1) is 14.3. The van der Waals surface area contributed by atoms with E-state index in [2.05, 4.69) is 25.7 Å². The Morgan fingerprint density at radius 3 is 2.69 bits per heavy atom. The van der Waals surface area contributed by atoms with Crippen molar-refractivity contribution in [1.29, 1.82) is 0 Å². The van der Waals surface area contributed by atoms with Crippen molar-refractivity contribution in [3.63, 3.8) is 0 Å². The van der Waals surface area contributed by atoms with Crippen molar-refractivity contribution in [2.45, 2.75) is 32.4 Å². The Balaban J connectivity index is 2.88. The van der Waals surface area contributed by atoms with Crippen molar-refractivity contribution in [2.75, 3.05) is 38.3 Å². The number of rotatable bonds is 5. The summed E-state index contributed by atoms with van der Waals surface area (Å²) in [7, 11) is 1.77. The number of nitrogens with zero attached hydrogens (tertiary/aromatic N) is 1. The maximum absolute atomic E-state index is 6.06. The lowest BCUT2D eigenvalue weighted by Gasteiger charge is -2.50. The summed E-state index contributed by atoms with van der Waals surface area (Å²) < 4.78 is 5.43. The van der Waals surface area contributed by atoms with Crippen molar-refractivity contribution in [3.8, 4) is 0 Å². The summed E-state index contributed by atoms with van der Waals surface area (Å²) in [6, 6.07) is 0.597. The SMILES string of the molecule is COCC(CN)(C(C)C)N1CCSCC1C. The van der Waals surface area contributed by atoms with Crippen LogP contribution in [0.25, 0.3) is 0 Å². The first-order valence-corrected chi connectivity index (χ1v) is 7.27. The molecule has 0 radical (unpaired) electrons. The molecule has 0 saturated carbocycles. The zero-order chi connectivity index (χ0) is 12.2. The quantitative estimate of drug-likeness (QED) is 0.796. The van der Waals surface area contributed by atoms with E-state index < -0.39 is 0 Å². The molecule has 3 nitrogen and oxygen atoms in total. The van der Waals surface area contributed by atoms with Gasteiger partial charge in [0.1, 0.15) is 0 Å². The standard InChI is InChI=1S/C12H26N2OS/c1-10(2)12(8-13,9-15-4)14-5-6-16-7-11(14)3/h10-11H,5-9,13H2,1-4H3. The van der Waals surface area contributed by atoms with Crippen LogP contribution in [0.15, 0.2) is 0 Å². The van der Waals surface area contributed by atoms with Crippen molar-refractivity contribution < 1.29 is 4.74 Å². The average Bonchev–Trinajstić information content (AvgIpc) is 2.26. The number of hydrogen-bond acceptors (Lipinski definition) is 4. The Bertz CT molecular complexity index is 213. The van der Waals surface area contributed by atoms with Gasteiger partial charge in [-0.05, 0) is 12.8 Å². The second kappa shape index (κ2) is 6.24. The molecule has 0 amide bonds. The second-order valence-electron chi connectivity index (χ2n) is 5.01. The van der Waals surface area contributed by atoms with Crippen molar-refractivity contribution in [1.82, 2.24) is 4.90 Å². The van der Waals surface area contributed by atoms with E-state index in [9.17, 15) is 0 Å². The van der Waals surface area contributed by atoms with E-state index in [0.717, 1.165) is 13.2 Å². The number of hydrogen-bond donors (Lipinski definition) is 1. The molecule has 0 spiro atoms. The smallest absolute Gasteiger partial charge is 0.0661 e. The summed E-state index contributed by atoms with van der Waals surface area (Å²) in [5.74, 6) is 2.93. The van der Waals surface area contributed by atoms with Crippen LogP contribution in [-0.2, 0) is 4.74 Å². The third-order valence-electron chi connectivity index (χ3n) is 3.76. The van der Waals surface area contributed by atoms with Gasteiger partial charge in [-0.15, -0.1) is 0 Å². The number of thioether (sulfide) groups is 1. The first-order chi connectivity index (χ1) is 7.58. The van der Waals surface area contributed by atoms with Gasteiger partial charge in [0.15, 0.2) is 0 Å². The van der Waals surface area contributed by atoms with Crippen molar-refractivity contribution >= 4 is 11.8 Å². The third-order valence-corrected chi connectivity index (χ3v) is 4.95. The number of nitrogens with two attached hydrogens (primary N) is 1. The Labute approximate surface area is 104 Å². The number of ether oxygens (including phenoxy) is 1. The zero-order valence-corrected chi connectivity index (χ0v) is 11.8. The van der Waals surface area contributed by atoms with Crippen molar-refractivity contribution in [3.05, 3.63) is 0 Å². The van der Waals surface area contributed by atoms with Gasteiger partial charge in [-0.1, -0.05) is 13.8 Å². The second-order valence-corrected chi connectivity index (χ2v) is 6.16. The Hall–Kier alpha value is 0.230. The van der Waals surface area contributed by atoms with Crippen LogP contribution >= 0.6 is 11.8 Å². The van der Waals surface area contributed by atoms with Gasteiger partial charge >= 0.3 is 0 Å². The molecule has 1 rings (SSSR count). The lowest BCUT2D eigenvalue weighted by atomic mass is 9.84. The molecule has 1 saturated heterocycles. The van der Waals surface area contributed by atoms with Crippen molar-refractivity contribution in [2.24, 2.45) is 11.7 Å². The summed E-state index contributed by atoms with van der Waals surface area (Å²) in [6.07, 6.45) is 0. The molecule has 1 heterocycles. The Kier molecular flexibility index (Phi) is 5.57. The van der Waals surface area contributed by atoms with Gasteiger partial charge in [0.05, 0.1) is 12.1 Å². The lowest BCUT2D eigenvalue weighted by Crippen LogP contribution is -2.64. The maximum Gasteiger partial charge on any atom is 0.0661 e. The van der Waals surface area contributed by atoms with Crippen LogP contribution in [0.2, 0.25) is 0 Å². The van der Waals surface area contributed by atoms with Crippen LogP contribution in [0.3, 0.4) is 0 Å². The molecule has 1 aliphatic rings. The van der Waals surface area contributed by atoms with Crippen LogP contribution < -0.4 is 5.73 Å². The van der Waals surface area contributed by atoms with E-state index in [1.807, 2.05) is 11.8 Å². The molecule has 0 aliphatic carbocycles. The van der Waals surface area contributed by atoms with Gasteiger partial charge in [-0.25, -0.2) is 0 Å². The molecule has 0 bridgehead atoms. The molecule has 0 aromatic heterocycles. The normalized spacial score (nSPS) is 27.0. The highest BCUT2D eigenvalue weighted by Crippen LogP contribution is 2.30. The van der Waals surface area contributed by atoms with E-state index in [1.165, 1.54) is 11.5 Å². The molecule has 4 heteroatoms. The third kappa shape index (κ3) is 2.73. The van der Waals surface area contributed by atoms with E-state index in [0.29, 0.717) is 18.5 Å². The molecule has 16 heavy (non-hydrogen) atoms. The molecule has 96 valence electrons. The van der Waals surface area contributed by atoms with Gasteiger partial charge in [0.25, 0.3) is 0 Å². The van der Waals surface area contributed by atoms with Gasteiger partial charge in [-0.2, -0.15) is 11.8 Å². The van der Waals surface area contributed by atoms with Crippen LogP contribution in [0.1, 0.15) is 20.8 Å². The molecule has 1 fully saturated rings. The summed E-state index contributed by atoms with van der Waals surface area (Å²) >= 11 is 2.04. The lowest BCUT2D eigenvalue weighted by molar-refractivity contribution is -0.0306. The van der Waals surface area contributed by atoms with E-state index in [1.54, 1.807) is 7.11 Å². The molecular formula is C12H26N2OS. The topological polar surface area (TPSA) is 38.5 Å². The summed E-state index contributed by atoms with van der Waals surface area (Å²) in [5.41, 5.74) is 6.07. The van der Waals surface area contributed by atoms with E-state index in [-0.39, 0.29) is 5.54 Å². The molecule has 0 aromatic rings. The summed E-state index contributed by atoms with van der Waals surface area (Å²) in [4.78, 5) is 2.57. The fourth-order valence-corrected chi connectivity index (χ4v) is 3.65. The predicted molar refractivity (Wildman–Crippen MR) is 72.0 cm³/mol. The monoisotopic (exact) mass is 246 g/mol. The molecule has 2 atom stereocenters. The van der Waals surface area contributed by atoms with Crippen LogP contribution in [-0.4, -0.2) is 54.8 Å². The first-order valence-electron chi connectivity index (χ1n) is 6.12. The summed E-state index contributed by atoms with van der Waals surface area (Å²) in [6.45, 7) is 9.34. The van der Waals surface area contributed by atoms with Crippen LogP contribution in [0, 0.1) is 5.92 Å². The fraction of sp³-hybridized carbons (Fsp3) is 1.00. The molecule has 1 aliphatic heterocycles. The molecule has 0 aromatic carbocycles.